The number of rotatable bonds is 6. The number of hydrogen-bond acceptors (Lipinski definition) is 5. The van der Waals surface area contributed by atoms with Gasteiger partial charge in [-0.2, -0.15) is 0 Å². The maximum absolute atomic E-state index is 13.1. The summed E-state index contributed by atoms with van der Waals surface area (Å²) in [4.78, 5) is 16.4. The van der Waals surface area contributed by atoms with Gasteiger partial charge in [-0.15, -0.1) is 0 Å². The molecule has 1 heterocycles. The van der Waals surface area contributed by atoms with Gasteiger partial charge in [0.05, 0.1) is 17.8 Å². The third kappa shape index (κ3) is 5.07. The summed E-state index contributed by atoms with van der Waals surface area (Å²) in [5, 5.41) is 2.95. The highest BCUT2D eigenvalue weighted by Gasteiger charge is 2.29. The third-order valence-corrected chi connectivity index (χ3v) is 6.97. The van der Waals surface area contributed by atoms with Gasteiger partial charge in [0.25, 0.3) is 5.91 Å². The molecule has 2 atom stereocenters. The lowest BCUT2D eigenvalue weighted by molar-refractivity contribution is 0.102. The van der Waals surface area contributed by atoms with Crippen molar-refractivity contribution in [3.8, 4) is 5.75 Å². The van der Waals surface area contributed by atoms with Gasteiger partial charge in [-0.05, 0) is 43.0 Å². The molecule has 2 aromatic rings. The Kier molecular flexibility index (Phi) is 6.77. The Bertz CT molecular complexity index is 997. The molecule has 1 aliphatic rings. The molecule has 1 fully saturated rings. The first kappa shape index (κ1) is 21.5. The highest BCUT2D eigenvalue weighted by Crippen LogP contribution is 2.29. The topological polar surface area (TPSA) is 97.4 Å². The number of nitrogens with zero attached hydrogens (tertiary/aromatic N) is 1. The molecule has 0 aliphatic heterocycles. The van der Waals surface area contributed by atoms with E-state index in [-0.39, 0.29) is 33.2 Å². The van der Waals surface area contributed by atoms with Crippen LogP contribution in [0.1, 0.15) is 43.0 Å². The van der Waals surface area contributed by atoms with Gasteiger partial charge in [0.2, 0.25) is 10.0 Å². The second kappa shape index (κ2) is 9.11. The molecule has 2 N–H and O–H groups in total. The van der Waals surface area contributed by atoms with Crippen LogP contribution in [0.5, 0.6) is 5.75 Å². The first-order valence-electron chi connectivity index (χ1n) is 9.43. The number of pyridine rings is 1. The van der Waals surface area contributed by atoms with Crippen LogP contribution < -0.4 is 14.8 Å². The van der Waals surface area contributed by atoms with Crippen LogP contribution in [0.25, 0.3) is 0 Å². The second-order valence-corrected chi connectivity index (χ2v) is 9.25. The average Bonchev–Trinajstić information content (AvgIpc) is 2.70. The van der Waals surface area contributed by atoms with E-state index in [9.17, 15) is 13.2 Å². The molecule has 7 nitrogen and oxygen atoms in total. The van der Waals surface area contributed by atoms with Crippen molar-refractivity contribution >= 4 is 33.2 Å². The number of nitrogens with one attached hydrogen (secondary N) is 2. The van der Waals surface area contributed by atoms with E-state index in [1.807, 2.05) is 6.92 Å². The molecule has 0 unspecified atom stereocenters. The van der Waals surface area contributed by atoms with Gasteiger partial charge in [0.1, 0.15) is 10.6 Å². The van der Waals surface area contributed by atoms with Crippen LogP contribution in [0.4, 0.5) is 5.69 Å². The molecule has 9 heteroatoms. The number of anilines is 1. The first-order chi connectivity index (χ1) is 13.8. The minimum absolute atomic E-state index is 0.0637. The zero-order valence-corrected chi connectivity index (χ0v) is 17.9. The quantitative estimate of drug-likeness (QED) is 0.715. The fourth-order valence-electron chi connectivity index (χ4n) is 3.45. The van der Waals surface area contributed by atoms with Crippen LogP contribution in [-0.4, -0.2) is 32.5 Å². The number of methoxy groups -OCH3 is 1. The van der Waals surface area contributed by atoms with Crippen molar-refractivity contribution in [2.75, 3.05) is 12.4 Å². The van der Waals surface area contributed by atoms with Gasteiger partial charge < -0.3 is 10.1 Å². The fourth-order valence-corrected chi connectivity index (χ4v) is 5.19. The predicted molar refractivity (Wildman–Crippen MR) is 112 cm³/mol. The number of amides is 1. The Hall–Kier alpha value is -2.16. The lowest BCUT2D eigenvalue weighted by Crippen LogP contribution is -2.41. The van der Waals surface area contributed by atoms with Crippen molar-refractivity contribution in [3.05, 3.63) is 47.2 Å². The fraction of sp³-hybridized carbons (Fsp3) is 0.400. The molecule has 0 spiro atoms. The molecule has 0 saturated heterocycles. The number of sulfonamides is 1. The van der Waals surface area contributed by atoms with E-state index < -0.39 is 15.9 Å². The molecule has 1 saturated carbocycles. The molecule has 1 aromatic carbocycles. The predicted octanol–water partition coefficient (Wildman–Crippen LogP) is 3.85. The number of aromatic nitrogens is 1. The Balaban J connectivity index is 1.88. The molecule has 29 heavy (non-hydrogen) atoms. The van der Waals surface area contributed by atoms with E-state index in [0.717, 1.165) is 25.7 Å². The van der Waals surface area contributed by atoms with Crippen molar-refractivity contribution < 1.29 is 17.9 Å². The van der Waals surface area contributed by atoms with Crippen molar-refractivity contribution in [2.45, 2.75) is 43.5 Å². The third-order valence-electron chi connectivity index (χ3n) is 5.15. The SMILES string of the molecule is COc1ccc(C(=O)Nc2ccncc2Cl)cc1S(=O)(=O)N[C@H]1CCCC[C@@H]1C. The average molecular weight is 438 g/mol. The molecule has 1 aromatic heterocycles. The molecule has 0 radical (unpaired) electrons. The van der Waals surface area contributed by atoms with Crippen molar-refractivity contribution in [1.82, 2.24) is 9.71 Å². The van der Waals surface area contributed by atoms with E-state index >= 15 is 0 Å². The van der Waals surface area contributed by atoms with Gasteiger partial charge >= 0.3 is 0 Å². The zero-order chi connectivity index (χ0) is 21.0. The van der Waals surface area contributed by atoms with Crippen LogP contribution in [0.3, 0.4) is 0 Å². The summed E-state index contributed by atoms with van der Waals surface area (Å²) in [7, 11) is -2.47. The number of halogens is 1. The highest BCUT2D eigenvalue weighted by molar-refractivity contribution is 7.89. The van der Waals surface area contributed by atoms with E-state index in [4.69, 9.17) is 16.3 Å². The van der Waals surface area contributed by atoms with Crippen LogP contribution in [0.2, 0.25) is 5.02 Å². The van der Waals surface area contributed by atoms with Crippen molar-refractivity contribution in [2.24, 2.45) is 5.92 Å². The van der Waals surface area contributed by atoms with Gasteiger partial charge in [0, 0.05) is 24.0 Å². The number of hydrogen-bond donors (Lipinski definition) is 2. The summed E-state index contributed by atoms with van der Waals surface area (Å²) < 4.78 is 34.2. The Morgan fingerprint density at radius 2 is 2.00 bits per heavy atom. The maximum atomic E-state index is 13.1. The molecule has 0 bridgehead atoms. The van der Waals surface area contributed by atoms with Crippen LogP contribution in [-0.2, 0) is 10.0 Å². The molecule has 156 valence electrons. The number of carbonyl (C=O) groups excluding carboxylic acids is 1. The number of benzene rings is 1. The lowest BCUT2D eigenvalue weighted by atomic mass is 9.87. The zero-order valence-electron chi connectivity index (χ0n) is 16.3. The normalized spacial score (nSPS) is 19.6. The Morgan fingerprint density at radius 3 is 2.69 bits per heavy atom. The van der Waals surface area contributed by atoms with Gasteiger partial charge in [-0.3, -0.25) is 9.78 Å². The highest BCUT2D eigenvalue weighted by atomic mass is 35.5. The number of ether oxygens (including phenoxy) is 1. The van der Waals surface area contributed by atoms with Crippen LogP contribution in [0, 0.1) is 5.92 Å². The first-order valence-corrected chi connectivity index (χ1v) is 11.3. The van der Waals surface area contributed by atoms with Gasteiger partial charge in [-0.25, -0.2) is 13.1 Å². The summed E-state index contributed by atoms with van der Waals surface area (Å²) >= 11 is 6.03. The molecule has 3 rings (SSSR count). The largest absolute Gasteiger partial charge is 0.495 e. The summed E-state index contributed by atoms with van der Waals surface area (Å²) in [6.07, 6.45) is 6.79. The monoisotopic (exact) mass is 437 g/mol. The summed E-state index contributed by atoms with van der Waals surface area (Å²) in [5.41, 5.74) is 0.566. The lowest BCUT2D eigenvalue weighted by Gasteiger charge is -2.29. The summed E-state index contributed by atoms with van der Waals surface area (Å²) in [6.45, 7) is 2.05. The van der Waals surface area contributed by atoms with Crippen LogP contribution in [0.15, 0.2) is 41.6 Å². The molecule has 1 amide bonds. The maximum Gasteiger partial charge on any atom is 0.255 e. The second-order valence-electron chi connectivity index (χ2n) is 7.16. The minimum Gasteiger partial charge on any atom is -0.495 e. The standard InChI is InChI=1S/C20H24ClN3O4S/c1-13-5-3-4-6-16(13)24-29(26,27)19-11-14(7-8-18(19)28-2)20(25)23-17-9-10-22-12-15(17)21/h7-13,16,24H,3-6H2,1-2H3,(H,22,23,25)/t13-,16-/m0/s1. The molecular weight excluding hydrogens is 414 g/mol. The Labute approximate surface area is 175 Å². The Morgan fingerprint density at radius 1 is 1.24 bits per heavy atom. The number of carbonyl (C=O) groups is 1. The summed E-state index contributed by atoms with van der Waals surface area (Å²) in [6, 6.07) is 5.73. The smallest absolute Gasteiger partial charge is 0.255 e. The van der Waals surface area contributed by atoms with E-state index in [1.54, 1.807) is 6.07 Å². The molecule has 1 aliphatic carbocycles. The van der Waals surface area contributed by atoms with Gasteiger partial charge in [-0.1, -0.05) is 31.4 Å². The van der Waals surface area contributed by atoms with Crippen molar-refractivity contribution in [3.63, 3.8) is 0 Å². The van der Waals surface area contributed by atoms with E-state index in [2.05, 4.69) is 15.0 Å². The minimum atomic E-state index is -3.86. The molecular formula is C20H24ClN3O4S. The summed E-state index contributed by atoms with van der Waals surface area (Å²) in [5.74, 6) is -0.0486. The van der Waals surface area contributed by atoms with Gasteiger partial charge in [0.15, 0.2) is 0 Å². The van der Waals surface area contributed by atoms with E-state index in [1.165, 1.54) is 37.7 Å². The van der Waals surface area contributed by atoms with Crippen molar-refractivity contribution in [1.29, 1.82) is 0 Å². The van der Waals surface area contributed by atoms with E-state index in [0.29, 0.717) is 5.69 Å². The van der Waals surface area contributed by atoms with Crippen LogP contribution >= 0.6 is 11.6 Å².